The molecule has 128 valence electrons. The molecular formula is C21H33NO. The van der Waals surface area contributed by atoms with Crippen molar-refractivity contribution >= 4 is 11.6 Å². The van der Waals surface area contributed by atoms with Crippen LogP contribution >= 0.6 is 0 Å². The zero-order valence-electron chi connectivity index (χ0n) is 15.1. The molecule has 0 saturated heterocycles. The third-order valence-electron chi connectivity index (χ3n) is 5.55. The molecule has 0 radical (unpaired) electrons. The lowest BCUT2D eigenvalue weighted by Crippen LogP contribution is -2.27. The summed E-state index contributed by atoms with van der Waals surface area (Å²) in [6.07, 6.45) is 9.64. The predicted molar refractivity (Wildman–Crippen MR) is 98.8 cm³/mol. The van der Waals surface area contributed by atoms with Gasteiger partial charge in [-0.1, -0.05) is 58.2 Å². The molecule has 2 nitrogen and oxygen atoms in total. The van der Waals surface area contributed by atoms with E-state index in [9.17, 15) is 4.79 Å². The maximum absolute atomic E-state index is 12.6. The maximum atomic E-state index is 12.6. The molecule has 0 bridgehead atoms. The number of amides is 1. The molecule has 0 aliphatic heterocycles. The molecular weight excluding hydrogens is 282 g/mol. The first-order chi connectivity index (χ1) is 11.2. The Morgan fingerprint density at radius 3 is 2.52 bits per heavy atom. The first kappa shape index (κ1) is 18.0. The fraction of sp³-hybridized carbons (Fsp3) is 0.667. The van der Waals surface area contributed by atoms with Crippen molar-refractivity contribution in [2.75, 3.05) is 5.32 Å². The minimum absolute atomic E-state index is 0.206. The molecule has 2 heteroatoms. The smallest absolute Gasteiger partial charge is 0.227 e. The van der Waals surface area contributed by atoms with Crippen LogP contribution < -0.4 is 5.32 Å². The summed E-state index contributed by atoms with van der Waals surface area (Å²) in [4.78, 5) is 12.6. The molecule has 2 rings (SSSR count). The lowest BCUT2D eigenvalue weighted by Gasteiger charge is -2.28. The molecule has 1 amide bonds. The number of para-hydroxylation sites is 1. The third-order valence-corrected chi connectivity index (χ3v) is 5.55. The summed E-state index contributed by atoms with van der Waals surface area (Å²) in [6, 6.07) is 8.27. The lowest BCUT2D eigenvalue weighted by molar-refractivity contribution is -0.121. The minimum atomic E-state index is 0.206. The fourth-order valence-corrected chi connectivity index (χ4v) is 3.70. The van der Waals surface area contributed by atoms with E-state index >= 15 is 0 Å². The Hall–Kier alpha value is -1.31. The van der Waals surface area contributed by atoms with Crippen LogP contribution in [0.25, 0.3) is 0 Å². The number of rotatable bonds is 7. The largest absolute Gasteiger partial charge is 0.326 e. The molecule has 0 heterocycles. The van der Waals surface area contributed by atoms with E-state index in [4.69, 9.17) is 0 Å². The lowest BCUT2D eigenvalue weighted by atomic mass is 9.79. The van der Waals surface area contributed by atoms with Crippen molar-refractivity contribution in [1.29, 1.82) is 0 Å². The monoisotopic (exact) mass is 315 g/mol. The van der Waals surface area contributed by atoms with Crippen LogP contribution in [0.3, 0.4) is 0 Å². The van der Waals surface area contributed by atoms with Crippen LogP contribution in [0.5, 0.6) is 0 Å². The van der Waals surface area contributed by atoms with Crippen molar-refractivity contribution in [1.82, 2.24) is 0 Å². The predicted octanol–water partition coefficient (Wildman–Crippen LogP) is 6.14. The van der Waals surface area contributed by atoms with Gasteiger partial charge in [0, 0.05) is 11.6 Å². The number of nitrogens with one attached hydrogen (secondary N) is 1. The topological polar surface area (TPSA) is 29.1 Å². The first-order valence-electron chi connectivity index (χ1n) is 9.55. The van der Waals surface area contributed by atoms with Crippen LogP contribution in [0.1, 0.15) is 83.6 Å². The zero-order chi connectivity index (χ0) is 16.7. The van der Waals surface area contributed by atoms with Gasteiger partial charge in [0.25, 0.3) is 0 Å². The van der Waals surface area contributed by atoms with E-state index in [1.165, 1.54) is 37.7 Å². The average molecular weight is 316 g/mol. The van der Waals surface area contributed by atoms with Crippen molar-refractivity contribution in [3.05, 3.63) is 29.8 Å². The third kappa shape index (κ3) is 5.09. The van der Waals surface area contributed by atoms with E-state index in [1.54, 1.807) is 0 Å². The van der Waals surface area contributed by atoms with Crippen LogP contribution in [-0.2, 0) is 4.79 Å². The molecule has 0 spiro atoms. The molecule has 1 fully saturated rings. The maximum Gasteiger partial charge on any atom is 0.227 e. The summed E-state index contributed by atoms with van der Waals surface area (Å²) in [5, 5.41) is 3.21. The van der Waals surface area contributed by atoms with Crippen molar-refractivity contribution in [3.63, 3.8) is 0 Å². The van der Waals surface area contributed by atoms with Gasteiger partial charge in [-0.05, 0) is 55.6 Å². The van der Waals surface area contributed by atoms with Crippen molar-refractivity contribution in [3.8, 4) is 0 Å². The molecule has 1 N–H and O–H groups in total. The zero-order valence-corrected chi connectivity index (χ0v) is 15.1. The van der Waals surface area contributed by atoms with Crippen LogP contribution in [0, 0.1) is 11.8 Å². The van der Waals surface area contributed by atoms with E-state index < -0.39 is 0 Å². The minimum Gasteiger partial charge on any atom is -0.326 e. The molecule has 1 unspecified atom stereocenters. The molecule has 1 aromatic rings. The second kappa shape index (κ2) is 9.10. The number of benzene rings is 1. The van der Waals surface area contributed by atoms with Crippen LogP contribution in [0.15, 0.2) is 24.3 Å². The van der Waals surface area contributed by atoms with E-state index in [0.29, 0.717) is 5.92 Å². The molecule has 23 heavy (non-hydrogen) atoms. The Morgan fingerprint density at radius 2 is 1.87 bits per heavy atom. The number of unbranched alkanes of at least 4 members (excludes halogenated alkanes) is 1. The number of anilines is 1. The molecule has 1 atom stereocenters. The Bertz CT molecular complexity index is 488. The SMILES string of the molecule is CCCCC1CCC(C(=O)Nc2ccccc2C(C)CC)CC1. The summed E-state index contributed by atoms with van der Waals surface area (Å²) in [5.41, 5.74) is 2.28. The van der Waals surface area contributed by atoms with Gasteiger partial charge in [-0.25, -0.2) is 0 Å². The second-order valence-electron chi connectivity index (χ2n) is 7.25. The quantitative estimate of drug-likeness (QED) is 0.643. The normalized spacial score (nSPS) is 22.6. The molecule has 0 aromatic heterocycles. The van der Waals surface area contributed by atoms with E-state index in [0.717, 1.165) is 30.9 Å². The summed E-state index contributed by atoms with van der Waals surface area (Å²) >= 11 is 0. The highest BCUT2D eigenvalue weighted by Crippen LogP contribution is 2.33. The van der Waals surface area contributed by atoms with Crippen LogP contribution in [0.2, 0.25) is 0 Å². The first-order valence-corrected chi connectivity index (χ1v) is 9.55. The van der Waals surface area contributed by atoms with Gasteiger partial charge >= 0.3 is 0 Å². The number of hydrogen-bond donors (Lipinski definition) is 1. The highest BCUT2D eigenvalue weighted by atomic mass is 16.1. The van der Waals surface area contributed by atoms with Crippen LogP contribution in [-0.4, -0.2) is 5.91 Å². The fourth-order valence-electron chi connectivity index (χ4n) is 3.70. The van der Waals surface area contributed by atoms with Gasteiger partial charge < -0.3 is 5.32 Å². The van der Waals surface area contributed by atoms with Gasteiger partial charge in [0.2, 0.25) is 5.91 Å². The Balaban J connectivity index is 1.91. The number of hydrogen-bond acceptors (Lipinski definition) is 1. The van der Waals surface area contributed by atoms with E-state index in [-0.39, 0.29) is 11.8 Å². The molecule has 1 aliphatic carbocycles. The number of carbonyl (C=O) groups is 1. The molecule has 1 saturated carbocycles. The van der Waals surface area contributed by atoms with Gasteiger partial charge in [0.05, 0.1) is 0 Å². The summed E-state index contributed by atoms with van der Waals surface area (Å²) in [7, 11) is 0. The van der Waals surface area contributed by atoms with Gasteiger partial charge in [0.1, 0.15) is 0 Å². The Labute approximate surface area is 142 Å². The van der Waals surface area contributed by atoms with Crippen molar-refractivity contribution in [2.45, 2.75) is 78.1 Å². The highest BCUT2D eigenvalue weighted by Gasteiger charge is 2.26. The Morgan fingerprint density at radius 1 is 1.17 bits per heavy atom. The molecule has 1 aromatic carbocycles. The summed E-state index contributed by atoms with van der Waals surface area (Å²) in [6.45, 7) is 6.68. The summed E-state index contributed by atoms with van der Waals surface area (Å²) < 4.78 is 0. The van der Waals surface area contributed by atoms with Gasteiger partial charge in [0.15, 0.2) is 0 Å². The standard InChI is InChI=1S/C21H33NO/c1-4-6-9-17-12-14-18(15-13-17)21(23)22-20-11-8-7-10-19(20)16(3)5-2/h7-8,10-11,16-18H,4-6,9,12-15H2,1-3H3,(H,22,23). The highest BCUT2D eigenvalue weighted by molar-refractivity contribution is 5.93. The van der Waals surface area contributed by atoms with Gasteiger partial charge in [-0.15, -0.1) is 0 Å². The van der Waals surface area contributed by atoms with Crippen molar-refractivity contribution < 1.29 is 4.79 Å². The van der Waals surface area contributed by atoms with Crippen molar-refractivity contribution in [2.24, 2.45) is 11.8 Å². The Kier molecular flexibility index (Phi) is 7.14. The summed E-state index contributed by atoms with van der Waals surface area (Å²) in [5.74, 6) is 1.77. The average Bonchev–Trinajstić information content (AvgIpc) is 2.60. The van der Waals surface area contributed by atoms with E-state index in [2.05, 4.69) is 38.2 Å². The van der Waals surface area contributed by atoms with E-state index in [1.807, 2.05) is 12.1 Å². The second-order valence-corrected chi connectivity index (χ2v) is 7.25. The molecule has 1 aliphatic rings. The van der Waals surface area contributed by atoms with Gasteiger partial charge in [-0.2, -0.15) is 0 Å². The van der Waals surface area contributed by atoms with Crippen LogP contribution in [0.4, 0.5) is 5.69 Å². The number of carbonyl (C=O) groups excluding carboxylic acids is 1. The van der Waals surface area contributed by atoms with Gasteiger partial charge in [-0.3, -0.25) is 4.79 Å².